The summed E-state index contributed by atoms with van der Waals surface area (Å²) >= 11 is 0. The second-order valence-electron chi connectivity index (χ2n) is 11.4. The highest BCUT2D eigenvalue weighted by molar-refractivity contribution is 5.81. The lowest BCUT2D eigenvalue weighted by atomic mass is 10.1. The Morgan fingerprint density at radius 2 is 1.16 bits per heavy atom. The van der Waals surface area contributed by atoms with Crippen LogP contribution in [0.2, 0.25) is 0 Å². The van der Waals surface area contributed by atoms with Gasteiger partial charge in [0.05, 0.1) is 41.2 Å². The van der Waals surface area contributed by atoms with E-state index in [2.05, 4.69) is 57.5 Å². The molecule has 0 saturated heterocycles. The van der Waals surface area contributed by atoms with Crippen molar-refractivity contribution in [1.29, 1.82) is 5.26 Å². The third-order valence-electron chi connectivity index (χ3n) is 6.97. The lowest BCUT2D eigenvalue weighted by Gasteiger charge is -2.20. The molecular weight excluding hydrogens is 662 g/mol. The van der Waals surface area contributed by atoms with Gasteiger partial charge in [-0.25, -0.2) is 9.97 Å². The first-order valence-electron chi connectivity index (χ1n) is 14.2. The van der Waals surface area contributed by atoms with Crippen molar-refractivity contribution < 1.29 is 31.1 Å². The number of alkyl halides is 6. The number of carbonyl (C=O) groups excluding carboxylic acids is 1. The number of hydrogen-bond acceptors (Lipinski definition) is 12. The predicted octanol–water partition coefficient (Wildman–Crippen LogP) is 5.05. The number of nitrogens with two attached hydrogens (primary N) is 1. The molecule has 0 aliphatic carbocycles. The van der Waals surface area contributed by atoms with Gasteiger partial charge in [-0.2, -0.15) is 51.8 Å². The summed E-state index contributed by atoms with van der Waals surface area (Å²) < 4.78 is 80.0. The highest BCUT2D eigenvalue weighted by Gasteiger charge is 2.36. The summed E-state index contributed by atoms with van der Waals surface area (Å²) in [6.07, 6.45) is -4.62. The Morgan fingerprint density at radius 3 is 1.51 bits per heavy atom. The van der Waals surface area contributed by atoms with Gasteiger partial charge in [-0.3, -0.25) is 14.2 Å². The number of nitriles is 1. The molecule has 0 aliphatic rings. The smallest absolute Gasteiger partial charge is 0.372 e. The van der Waals surface area contributed by atoms with Crippen LogP contribution in [0.3, 0.4) is 0 Å². The van der Waals surface area contributed by atoms with Crippen molar-refractivity contribution in [3.8, 4) is 6.07 Å². The fourth-order valence-electron chi connectivity index (χ4n) is 3.82. The number of anilines is 6. The maximum absolute atomic E-state index is 12.9. The van der Waals surface area contributed by atoms with Gasteiger partial charge in [-0.15, -0.1) is 0 Å². The summed E-state index contributed by atoms with van der Waals surface area (Å²) in [6, 6.07) is 2.11. The Bertz CT molecular complexity index is 1850. The summed E-state index contributed by atoms with van der Waals surface area (Å²) in [6.45, 7) is 9.95. The van der Waals surface area contributed by atoms with E-state index in [-0.39, 0.29) is 23.5 Å². The average molecular weight is 697 g/mol. The van der Waals surface area contributed by atoms with Gasteiger partial charge >= 0.3 is 12.4 Å². The molecule has 4 aromatic heterocycles. The molecule has 0 saturated carbocycles. The zero-order valence-electron chi connectivity index (χ0n) is 27.6. The number of hydrogen-bond donors (Lipinski definition) is 5. The minimum Gasteiger partial charge on any atom is -0.372 e. The van der Waals surface area contributed by atoms with E-state index in [0.717, 1.165) is 0 Å². The standard InChI is InChI=1S/C14H18F3N7O.C14H16F3N7/c1-7-9(6-24(23-7)13(2,3)11(18)25)21-12-20-5-8(14(15,16)17)10(19-4)22-12;1-8-10(6-24(23-8)13(2,3)7-18)21-12-20-5-9(14(15,16)17)11(19-4)22-12/h5-6H,1-4H3,(H2,18,25)(H2,19,20,21,22);5-6H,1-4H3,(H2,19,20,21,22). The number of amides is 1. The number of nitrogens with zero attached hydrogens (tertiary/aromatic N) is 9. The van der Waals surface area contributed by atoms with Crippen LogP contribution >= 0.6 is 0 Å². The van der Waals surface area contributed by atoms with Gasteiger partial charge < -0.3 is 27.0 Å². The monoisotopic (exact) mass is 696 g/mol. The summed E-state index contributed by atoms with van der Waals surface area (Å²) in [5.74, 6) is -1.32. The lowest BCUT2D eigenvalue weighted by molar-refractivity contribution is -0.138. The number of nitrogens with one attached hydrogen (secondary N) is 4. The molecule has 0 aliphatic heterocycles. The van der Waals surface area contributed by atoms with Crippen LogP contribution in [0.25, 0.3) is 0 Å². The van der Waals surface area contributed by atoms with E-state index in [1.165, 1.54) is 29.7 Å². The molecule has 1 amide bonds. The van der Waals surface area contributed by atoms with Gasteiger partial charge in [0.25, 0.3) is 0 Å². The van der Waals surface area contributed by atoms with Gasteiger partial charge in [0, 0.05) is 26.5 Å². The third kappa shape index (κ3) is 8.62. The molecule has 4 rings (SSSR count). The van der Waals surface area contributed by atoms with Crippen molar-refractivity contribution >= 4 is 40.8 Å². The number of halogens is 6. The van der Waals surface area contributed by atoms with E-state index < -0.39 is 40.5 Å². The second-order valence-corrected chi connectivity index (χ2v) is 11.4. The molecule has 4 aromatic rings. The summed E-state index contributed by atoms with van der Waals surface area (Å²) in [7, 11) is 2.68. The fraction of sp³-hybridized carbons (Fsp3) is 0.429. The third-order valence-corrected chi connectivity index (χ3v) is 6.97. The number of primary amides is 1. The van der Waals surface area contributed by atoms with Crippen LogP contribution < -0.4 is 27.0 Å². The maximum Gasteiger partial charge on any atom is 0.421 e. The number of aryl methyl sites for hydroxylation is 2. The first-order valence-corrected chi connectivity index (χ1v) is 14.2. The van der Waals surface area contributed by atoms with Crippen molar-refractivity contribution in [2.45, 2.75) is 65.0 Å². The molecule has 0 aromatic carbocycles. The van der Waals surface area contributed by atoms with Crippen molar-refractivity contribution in [3.63, 3.8) is 0 Å². The summed E-state index contributed by atoms with van der Waals surface area (Å²) in [5, 5.41) is 28.0. The molecule has 0 spiro atoms. The molecule has 264 valence electrons. The van der Waals surface area contributed by atoms with E-state index >= 15 is 0 Å². The largest absolute Gasteiger partial charge is 0.421 e. The zero-order chi connectivity index (χ0) is 37.1. The Morgan fingerprint density at radius 1 is 0.776 bits per heavy atom. The van der Waals surface area contributed by atoms with Crippen LogP contribution in [-0.4, -0.2) is 59.5 Å². The molecule has 0 atom stereocenters. The first kappa shape index (κ1) is 37.8. The van der Waals surface area contributed by atoms with E-state index in [1.807, 2.05) is 0 Å². The Labute approximate surface area is 276 Å². The Balaban J connectivity index is 0.000000266. The topological polar surface area (TPSA) is 202 Å². The summed E-state index contributed by atoms with van der Waals surface area (Å²) in [4.78, 5) is 26.5. The predicted molar refractivity (Wildman–Crippen MR) is 167 cm³/mol. The molecule has 0 unspecified atom stereocenters. The van der Waals surface area contributed by atoms with E-state index in [1.54, 1.807) is 47.7 Å². The SMILES string of the molecule is CNc1nc(Nc2cn(C(C)(C)C#N)nc2C)ncc1C(F)(F)F.CNc1nc(Nc2cn(C(C)(C)C(N)=O)nc2C)ncc1C(F)(F)F. The van der Waals surface area contributed by atoms with Crippen molar-refractivity contribution in [3.05, 3.63) is 47.3 Å². The molecule has 0 radical (unpaired) electrons. The molecule has 15 nitrogen and oxygen atoms in total. The highest BCUT2D eigenvalue weighted by atomic mass is 19.4. The first-order chi connectivity index (χ1) is 22.5. The van der Waals surface area contributed by atoms with Crippen LogP contribution in [0.4, 0.5) is 61.2 Å². The van der Waals surface area contributed by atoms with Crippen LogP contribution in [0.15, 0.2) is 24.8 Å². The van der Waals surface area contributed by atoms with E-state index in [0.29, 0.717) is 35.2 Å². The van der Waals surface area contributed by atoms with Crippen LogP contribution in [0.1, 0.15) is 50.2 Å². The van der Waals surface area contributed by atoms with Crippen molar-refractivity contribution in [2.75, 3.05) is 35.4 Å². The maximum atomic E-state index is 12.9. The van der Waals surface area contributed by atoms with Gasteiger partial charge in [-0.1, -0.05) is 0 Å². The number of rotatable bonds is 9. The highest BCUT2D eigenvalue weighted by Crippen LogP contribution is 2.35. The van der Waals surface area contributed by atoms with Crippen LogP contribution in [-0.2, 0) is 28.2 Å². The quantitative estimate of drug-likeness (QED) is 0.146. The minimum atomic E-state index is -4.57. The number of carbonyl (C=O) groups is 1. The molecule has 0 bridgehead atoms. The van der Waals surface area contributed by atoms with Gasteiger partial charge in [-0.05, 0) is 41.5 Å². The van der Waals surface area contributed by atoms with Crippen LogP contribution in [0, 0.1) is 25.2 Å². The Kier molecular flexibility index (Phi) is 10.7. The van der Waals surface area contributed by atoms with Crippen molar-refractivity contribution in [1.82, 2.24) is 39.5 Å². The van der Waals surface area contributed by atoms with Gasteiger partial charge in [0.15, 0.2) is 0 Å². The van der Waals surface area contributed by atoms with Crippen molar-refractivity contribution in [2.24, 2.45) is 5.73 Å². The summed E-state index contributed by atoms with van der Waals surface area (Å²) in [5.41, 5.74) is 3.51. The van der Waals surface area contributed by atoms with E-state index in [4.69, 9.17) is 11.0 Å². The molecule has 4 heterocycles. The second kappa shape index (κ2) is 13.8. The van der Waals surface area contributed by atoms with E-state index in [9.17, 15) is 31.1 Å². The lowest BCUT2D eigenvalue weighted by Crippen LogP contribution is -2.41. The molecule has 0 fully saturated rings. The van der Waals surface area contributed by atoms with Gasteiger partial charge in [0.2, 0.25) is 17.8 Å². The van der Waals surface area contributed by atoms with Crippen LogP contribution in [0.5, 0.6) is 0 Å². The fourth-order valence-corrected chi connectivity index (χ4v) is 3.82. The normalized spacial score (nSPS) is 12.0. The molecular formula is C28H34F6N14O. The number of aromatic nitrogens is 8. The molecule has 6 N–H and O–H groups in total. The average Bonchev–Trinajstić information content (AvgIpc) is 3.58. The van der Waals surface area contributed by atoms with Gasteiger partial charge in [0.1, 0.15) is 33.8 Å². The minimum absolute atomic E-state index is 0.00948. The molecule has 21 heteroatoms. The molecule has 49 heavy (non-hydrogen) atoms. The Hall–Kier alpha value is -5.68. The zero-order valence-corrected chi connectivity index (χ0v) is 27.6.